The lowest BCUT2D eigenvalue weighted by Gasteiger charge is -2.25. The Morgan fingerprint density at radius 3 is 2.35 bits per heavy atom. The first kappa shape index (κ1) is 13.7. The SMILES string of the molecule is CCN(CC)CCN(C)c1ccccc1C=O. The van der Waals surface area contributed by atoms with Crippen LogP contribution in [0.5, 0.6) is 0 Å². The Morgan fingerprint density at radius 1 is 1.12 bits per heavy atom. The van der Waals surface area contributed by atoms with E-state index in [2.05, 4.69) is 23.6 Å². The molecular weight excluding hydrogens is 212 g/mol. The molecule has 1 aromatic rings. The van der Waals surface area contributed by atoms with Crippen molar-refractivity contribution in [3.8, 4) is 0 Å². The molecule has 0 saturated heterocycles. The number of anilines is 1. The van der Waals surface area contributed by atoms with Crippen molar-refractivity contribution in [1.82, 2.24) is 4.90 Å². The molecule has 17 heavy (non-hydrogen) atoms. The molecule has 1 aromatic carbocycles. The zero-order valence-corrected chi connectivity index (χ0v) is 11.0. The number of carbonyl (C=O) groups excluding carboxylic acids is 1. The maximum atomic E-state index is 10.9. The molecule has 0 aliphatic carbocycles. The van der Waals surface area contributed by atoms with Crippen LogP contribution in [0.2, 0.25) is 0 Å². The predicted molar refractivity (Wildman–Crippen MR) is 72.9 cm³/mol. The summed E-state index contributed by atoms with van der Waals surface area (Å²) in [5.41, 5.74) is 1.77. The first-order valence-electron chi connectivity index (χ1n) is 6.20. The Bertz CT molecular complexity index is 348. The van der Waals surface area contributed by atoms with E-state index in [4.69, 9.17) is 0 Å². The second-order valence-corrected chi connectivity index (χ2v) is 4.13. The van der Waals surface area contributed by atoms with Gasteiger partial charge >= 0.3 is 0 Å². The van der Waals surface area contributed by atoms with E-state index in [0.717, 1.165) is 43.7 Å². The summed E-state index contributed by atoms with van der Waals surface area (Å²) in [4.78, 5) is 15.5. The van der Waals surface area contributed by atoms with Crippen molar-refractivity contribution >= 4 is 12.0 Å². The van der Waals surface area contributed by atoms with Gasteiger partial charge in [-0.15, -0.1) is 0 Å². The number of nitrogens with zero attached hydrogens (tertiary/aromatic N) is 2. The largest absolute Gasteiger partial charge is 0.373 e. The molecule has 0 atom stereocenters. The first-order chi connectivity index (χ1) is 8.22. The summed E-state index contributed by atoms with van der Waals surface area (Å²) in [6, 6.07) is 7.71. The van der Waals surface area contributed by atoms with Crippen molar-refractivity contribution < 1.29 is 4.79 Å². The number of rotatable bonds is 7. The van der Waals surface area contributed by atoms with Crippen LogP contribution >= 0.6 is 0 Å². The molecule has 0 fully saturated rings. The van der Waals surface area contributed by atoms with Crippen LogP contribution in [0.3, 0.4) is 0 Å². The molecule has 3 heteroatoms. The molecule has 0 amide bonds. The molecule has 0 heterocycles. The van der Waals surface area contributed by atoms with Crippen molar-refractivity contribution in [1.29, 1.82) is 0 Å². The summed E-state index contributed by atoms with van der Waals surface area (Å²) >= 11 is 0. The topological polar surface area (TPSA) is 23.6 Å². The summed E-state index contributed by atoms with van der Waals surface area (Å²) in [6.07, 6.45) is 0.920. The predicted octanol–water partition coefficient (Wildman–Crippen LogP) is 2.28. The van der Waals surface area contributed by atoms with E-state index >= 15 is 0 Å². The highest BCUT2D eigenvalue weighted by Gasteiger charge is 2.07. The van der Waals surface area contributed by atoms with Crippen LogP contribution in [0.15, 0.2) is 24.3 Å². The first-order valence-corrected chi connectivity index (χ1v) is 6.20. The van der Waals surface area contributed by atoms with E-state index in [0.29, 0.717) is 0 Å². The minimum atomic E-state index is 0.759. The molecule has 0 saturated carbocycles. The third-order valence-electron chi connectivity index (χ3n) is 3.12. The highest BCUT2D eigenvalue weighted by Crippen LogP contribution is 2.16. The highest BCUT2D eigenvalue weighted by atomic mass is 16.1. The lowest BCUT2D eigenvalue weighted by atomic mass is 10.2. The quantitative estimate of drug-likeness (QED) is 0.676. The molecule has 94 valence electrons. The van der Waals surface area contributed by atoms with Gasteiger partial charge in [0.25, 0.3) is 0 Å². The fraction of sp³-hybridized carbons (Fsp3) is 0.500. The Balaban J connectivity index is 2.63. The normalized spacial score (nSPS) is 10.6. The van der Waals surface area contributed by atoms with Gasteiger partial charge < -0.3 is 9.80 Å². The number of hydrogen-bond donors (Lipinski definition) is 0. The van der Waals surface area contributed by atoms with Gasteiger partial charge in [-0.1, -0.05) is 26.0 Å². The summed E-state index contributed by atoms with van der Waals surface area (Å²) in [6.45, 7) is 8.44. The summed E-state index contributed by atoms with van der Waals surface area (Å²) in [7, 11) is 2.03. The van der Waals surface area contributed by atoms with Crippen molar-refractivity contribution in [3.05, 3.63) is 29.8 Å². The fourth-order valence-corrected chi connectivity index (χ4v) is 1.89. The zero-order chi connectivity index (χ0) is 12.7. The molecular formula is C14H22N2O. The smallest absolute Gasteiger partial charge is 0.152 e. The third-order valence-corrected chi connectivity index (χ3v) is 3.12. The third kappa shape index (κ3) is 3.86. The van der Waals surface area contributed by atoms with Gasteiger partial charge in [0, 0.05) is 31.4 Å². The Morgan fingerprint density at radius 2 is 1.76 bits per heavy atom. The molecule has 0 aliphatic heterocycles. The van der Waals surface area contributed by atoms with Gasteiger partial charge in [0.2, 0.25) is 0 Å². The summed E-state index contributed by atoms with van der Waals surface area (Å²) in [5.74, 6) is 0. The second-order valence-electron chi connectivity index (χ2n) is 4.13. The number of likely N-dealkylation sites (N-methyl/N-ethyl adjacent to an activating group) is 2. The van der Waals surface area contributed by atoms with Crippen LogP contribution in [-0.2, 0) is 0 Å². The minimum absolute atomic E-state index is 0.759. The monoisotopic (exact) mass is 234 g/mol. The maximum Gasteiger partial charge on any atom is 0.152 e. The van der Waals surface area contributed by atoms with Gasteiger partial charge in [-0.2, -0.15) is 0 Å². The van der Waals surface area contributed by atoms with Gasteiger partial charge in [-0.3, -0.25) is 4.79 Å². The minimum Gasteiger partial charge on any atom is -0.373 e. The Labute approximate surface area is 104 Å². The molecule has 0 unspecified atom stereocenters. The van der Waals surface area contributed by atoms with E-state index in [-0.39, 0.29) is 0 Å². The van der Waals surface area contributed by atoms with Gasteiger partial charge in [0.15, 0.2) is 6.29 Å². The van der Waals surface area contributed by atoms with Crippen LogP contribution in [0, 0.1) is 0 Å². The lowest BCUT2D eigenvalue weighted by molar-refractivity contribution is 0.112. The Hall–Kier alpha value is -1.35. The average molecular weight is 234 g/mol. The number of hydrogen-bond acceptors (Lipinski definition) is 3. The molecule has 0 spiro atoms. The number of benzene rings is 1. The number of carbonyl (C=O) groups is 1. The van der Waals surface area contributed by atoms with Crippen LogP contribution in [0.4, 0.5) is 5.69 Å². The van der Waals surface area contributed by atoms with Gasteiger partial charge in [-0.05, 0) is 25.2 Å². The Kier molecular flexibility index (Phi) is 5.70. The second kappa shape index (κ2) is 7.07. The van der Waals surface area contributed by atoms with Crippen molar-refractivity contribution in [2.45, 2.75) is 13.8 Å². The fourth-order valence-electron chi connectivity index (χ4n) is 1.89. The van der Waals surface area contributed by atoms with E-state index < -0.39 is 0 Å². The molecule has 1 rings (SSSR count). The molecule has 0 bridgehead atoms. The van der Waals surface area contributed by atoms with Crippen LogP contribution < -0.4 is 4.90 Å². The molecule has 0 aliphatic rings. The van der Waals surface area contributed by atoms with E-state index in [1.807, 2.05) is 31.3 Å². The van der Waals surface area contributed by atoms with E-state index in [1.165, 1.54) is 0 Å². The maximum absolute atomic E-state index is 10.9. The van der Waals surface area contributed by atoms with Crippen molar-refractivity contribution in [2.75, 3.05) is 38.1 Å². The summed E-state index contributed by atoms with van der Waals surface area (Å²) in [5, 5.41) is 0. The van der Waals surface area contributed by atoms with Crippen LogP contribution in [-0.4, -0.2) is 44.4 Å². The summed E-state index contributed by atoms with van der Waals surface area (Å²) < 4.78 is 0. The number of para-hydroxylation sites is 1. The van der Waals surface area contributed by atoms with Crippen LogP contribution in [0.1, 0.15) is 24.2 Å². The molecule has 0 N–H and O–H groups in total. The lowest BCUT2D eigenvalue weighted by Crippen LogP contribution is -2.33. The van der Waals surface area contributed by atoms with Gasteiger partial charge in [-0.25, -0.2) is 0 Å². The van der Waals surface area contributed by atoms with Crippen molar-refractivity contribution in [2.24, 2.45) is 0 Å². The molecule has 0 radical (unpaired) electrons. The van der Waals surface area contributed by atoms with E-state index in [1.54, 1.807) is 0 Å². The zero-order valence-electron chi connectivity index (χ0n) is 11.0. The average Bonchev–Trinajstić information content (AvgIpc) is 2.39. The van der Waals surface area contributed by atoms with Gasteiger partial charge in [0.1, 0.15) is 0 Å². The van der Waals surface area contributed by atoms with Crippen molar-refractivity contribution in [3.63, 3.8) is 0 Å². The van der Waals surface area contributed by atoms with Crippen LogP contribution in [0.25, 0.3) is 0 Å². The standard InChI is InChI=1S/C14H22N2O/c1-4-16(5-2)11-10-15(3)14-9-7-6-8-13(14)12-17/h6-9,12H,4-5,10-11H2,1-3H3. The molecule has 0 aromatic heterocycles. The number of aldehydes is 1. The van der Waals surface area contributed by atoms with Gasteiger partial charge in [0.05, 0.1) is 0 Å². The van der Waals surface area contributed by atoms with E-state index in [9.17, 15) is 4.79 Å². The molecule has 3 nitrogen and oxygen atoms in total. The highest BCUT2D eigenvalue weighted by molar-refractivity contribution is 5.84.